The van der Waals surface area contributed by atoms with Crippen molar-refractivity contribution in [3.8, 4) is 39.4 Å². The molecule has 2 aliphatic carbocycles. The molecule has 0 saturated carbocycles. The van der Waals surface area contributed by atoms with Gasteiger partial charge in [-0.05, 0) is 149 Å². The molecular weight excluding hydrogens is 703 g/mol. The van der Waals surface area contributed by atoms with Crippen LogP contribution in [0.4, 0.5) is 28.4 Å². The highest BCUT2D eigenvalue weighted by atomic mass is 15.1. The highest BCUT2D eigenvalue weighted by Crippen LogP contribution is 2.49. The molecule has 7 aromatic carbocycles. The molecule has 0 radical (unpaired) electrons. The molecule has 3 heteroatoms. The summed E-state index contributed by atoms with van der Waals surface area (Å²) >= 11 is 0. The molecular formula is C55H45N3. The minimum atomic E-state index is 0.757. The Morgan fingerprint density at radius 2 is 0.948 bits per heavy atom. The molecule has 0 atom stereocenters. The number of hydrogen-bond donors (Lipinski definition) is 0. The van der Waals surface area contributed by atoms with E-state index in [2.05, 4.69) is 217 Å². The highest BCUT2D eigenvalue weighted by Gasteiger charge is 2.28. The summed E-state index contributed by atoms with van der Waals surface area (Å²) in [7, 11) is 0. The number of benzene rings is 7. The molecule has 9 rings (SSSR count). The van der Waals surface area contributed by atoms with E-state index in [9.17, 15) is 5.26 Å². The maximum absolute atomic E-state index is 10.7. The minimum Gasteiger partial charge on any atom is -0.311 e. The quantitative estimate of drug-likeness (QED) is 0.123. The Morgan fingerprint density at radius 1 is 0.500 bits per heavy atom. The van der Waals surface area contributed by atoms with Crippen LogP contribution in [0.1, 0.15) is 50.2 Å². The number of allylic oxidation sites excluding steroid dienone is 4. The molecule has 0 bridgehead atoms. The summed E-state index contributed by atoms with van der Waals surface area (Å²) in [5, 5.41) is 10.7. The van der Waals surface area contributed by atoms with Crippen molar-refractivity contribution >= 4 is 34.0 Å². The first-order valence-corrected chi connectivity index (χ1v) is 20.5. The summed E-state index contributed by atoms with van der Waals surface area (Å²) < 4.78 is 0. The number of nitrogens with zero attached hydrogens (tertiary/aromatic N) is 3. The predicted octanol–water partition coefficient (Wildman–Crippen LogP) is 15.4. The normalized spacial score (nSPS) is 13.6. The topological polar surface area (TPSA) is 30.3 Å². The average molecular weight is 748 g/mol. The predicted molar refractivity (Wildman–Crippen MR) is 244 cm³/mol. The molecule has 3 nitrogen and oxygen atoms in total. The maximum Gasteiger partial charge on any atom is 0.0953 e. The first-order chi connectivity index (χ1) is 28.7. The van der Waals surface area contributed by atoms with Crippen LogP contribution in [0, 0.1) is 11.3 Å². The van der Waals surface area contributed by atoms with E-state index in [0.717, 1.165) is 105 Å². The third kappa shape index (κ3) is 7.18. The zero-order valence-electron chi connectivity index (χ0n) is 32.9. The van der Waals surface area contributed by atoms with Gasteiger partial charge in [-0.1, -0.05) is 129 Å². The molecule has 0 aromatic heterocycles. The van der Waals surface area contributed by atoms with Crippen LogP contribution in [0.5, 0.6) is 0 Å². The SMILES string of the molecule is CCCC/C(C#N)=C1\c2cc(-c3ccc(N(C4=CCCC=C4)c4ccccc4)cc3)ccc2-c2ccc(-c3ccc(N(c4ccccc4)c4ccccc4)cc3)cc21. The van der Waals surface area contributed by atoms with E-state index in [0.29, 0.717) is 0 Å². The number of unbranched alkanes of at least 4 members (excludes halogenated alkanes) is 1. The summed E-state index contributed by atoms with van der Waals surface area (Å²) in [6, 6.07) is 65.6. The van der Waals surface area contributed by atoms with Crippen molar-refractivity contribution in [2.24, 2.45) is 0 Å². The summed E-state index contributed by atoms with van der Waals surface area (Å²) in [6.07, 6.45) is 11.7. The van der Waals surface area contributed by atoms with Crippen LogP contribution >= 0.6 is 0 Å². The lowest BCUT2D eigenvalue weighted by Gasteiger charge is -2.27. The molecule has 0 aliphatic heterocycles. The maximum atomic E-state index is 10.7. The number of nitriles is 1. The number of rotatable bonds is 11. The Labute approximate surface area is 342 Å². The van der Waals surface area contributed by atoms with Crippen molar-refractivity contribution in [1.29, 1.82) is 5.26 Å². The number of hydrogen-bond acceptors (Lipinski definition) is 3. The molecule has 2 aliphatic rings. The van der Waals surface area contributed by atoms with Gasteiger partial charge in [-0.15, -0.1) is 0 Å². The molecule has 0 saturated heterocycles. The standard InChI is InChI=1S/C55H45N3/c1-2-3-16-44(39-56)55-53-37-42(40-25-31-49(32-26-40)57(45-17-8-4-9-18-45)46-19-10-5-11-20-46)29-35-51(53)52-36-30-43(38-54(52)55)41-27-33-50(34-28-41)58(47-21-12-6-13-22-47)48-23-14-7-15-24-48/h4-6,8-14,17-38H,2-3,7,15-16H2,1H3/b55-44+. The van der Waals surface area contributed by atoms with E-state index < -0.39 is 0 Å². The molecule has 280 valence electrons. The Kier molecular flexibility index (Phi) is 10.4. The fraction of sp³-hybridized carbons (Fsp3) is 0.109. The van der Waals surface area contributed by atoms with Gasteiger partial charge in [0.25, 0.3) is 0 Å². The van der Waals surface area contributed by atoms with E-state index in [1.165, 1.54) is 16.8 Å². The van der Waals surface area contributed by atoms with Gasteiger partial charge in [0, 0.05) is 45.3 Å². The Hall–Kier alpha value is -7.15. The summed E-state index contributed by atoms with van der Waals surface area (Å²) in [5.74, 6) is 0. The van der Waals surface area contributed by atoms with Gasteiger partial charge in [-0.2, -0.15) is 5.26 Å². The lowest BCUT2D eigenvalue weighted by molar-refractivity contribution is 0.801. The zero-order valence-corrected chi connectivity index (χ0v) is 32.9. The Bertz CT molecular complexity index is 2640. The van der Waals surface area contributed by atoms with Crippen molar-refractivity contribution in [2.45, 2.75) is 39.0 Å². The van der Waals surface area contributed by atoms with Gasteiger partial charge in [0.05, 0.1) is 6.07 Å². The third-order valence-corrected chi connectivity index (χ3v) is 11.3. The second-order valence-corrected chi connectivity index (χ2v) is 15.0. The van der Waals surface area contributed by atoms with Crippen LogP contribution < -0.4 is 9.80 Å². The molecule has 0 unspecified atom stereocenters. The molecule has 58 heavy (non-hydrogen) atoms. The molecule has 0 fully saturated rings. The van der Waals surface area contributed by atoms with E-state index in [1.807, 2.05) is 0 Å². The molecule has 0 N–H and O–H groups in total. The van der Waals surface area contributed by atoms with E-state index in [-0.39, 0.29) is 0 Å². The van der Waals surface area contributed by atoms with Crippen LogP contribution in [0.25, 0.3) is 39.0 Å². The monoisotopic (exact) mass is 747 g/mol. The molecule has 7 aromatic rings. The molecule has 0 amide bonds. The third-order valence-electron chi connectivity index (χ3n) is 11.3. The van der Waals surface area contributed by atoms with Crippen LogP contribution in [-0.4, -0.2) is 0 Å². The summed E-state index contributed by atoms with van der Waals surface area (Å²) in [6.45, 7) is 2.19. The van der Waals surface area contributed by atoms with Gasteiger partial charge in [-0.25, -0.2) is 0 Å². The zero-order chi connectivity index (χ0) is 39.3. The van der Waals surface area contributed by atoms with E-state index in [4.69, 9.17) is 0 Å². The minimum absolute atomic E-state index is 0.757. The second kappa shape index (κ2) is 16.5. The highest BCUT2D eigenvalue weighted by molar-refractivity contribution is 6.05. The van der Waals surface area contributed by atoms with Crippen molar-refractivity contribution in [2.75, 3.05) is 9.80 Å². The van der Waals surface area contributed by atoms with Gasteiger partial charge in [-0.3, -0.25) is 0 Å². The molecule has 0 spiro atoms. The van der Waals surface area contributed by atoms with Crippen LogP contribution in [0.2, 0.25) is 0 Å². The van der Waals surface area contributed by atoms with Gasteiger partial charge < -0.3 is 9.80 Å². The van der Waals surface area contributed by atoms with Crippen LogP contribution in [0.3, 0.4) is 0 Å². The fourth-order valence-corrected chi connectivity index (χ4v) is 8.39. The van der Waals surface area contributed by atoms with Crippen molar-refractivity contribution < 1.29 is 0 Å². The van der Waals surface area contributed by atoms with E-state index >= 15 is 0 Å². The lowest BCUT2D eigenvalue weighted by Crippen LogP contribution is -2.16. The fourth-order valence-electron chi connectivity index (χ4n) is 8.39. The van der Waals surface area contributed by atoms with Gasteiger partial charge >= 0.3 is 0 Å². The Morgan fingerprint density at radius 3 is 1.40 bits per heavy atom. The van der Waals surface area contributed by atoms with Gasteiger partial charge in [0.2, 0.25) is 0 Å². The van der Waals surface area contributed by atoms with E-state index in [1.54, 1.807) is 0 Å². The van der Waals surface area contributed by atoms with Gasteiger partial charge in [0.1, 0.15) is 0 Å². The van der Waals surface area contributed by atoms with Crippen LogP contribution in [-0.2, 0) is 0 Å². The summed E-state index contributed by atoms with van der Waals surface area (Å²) in [5.41, 5.74) is 17.9. The number of anilines is 5. The first kappa shape index (κ1) is 36.5. The lowest BCUT2D eigenvalue weighted by atomic mass is 9.92. The van der Waals surface area contributed by atoms with Crippen LogP contribution in [0.15, 0.2) is 205 Å². The summed E-state index contributed by atoms with van der Waals surface area (Å²) in [4.78, 5) is 4.62. The average Bonchev–Trinajstić information content (AvgIpc) is 3.61. The smallest absolute Gasteiger partial charge is 0.0953 e. The van der Waals surface area contributed by atoms with Gasteiger partial charge in [0.15, 0.2) is 0 Å². The first-order valence-electron chi connectivity index (χ1n) is 20.5. The number of para-hydroxylation sites is 3. The largest absolute Gasteiger partial charge is 0.311 e. The van der Waals surface area contributed by atoms with Crippen molar-refractivity contribution in [3.63, 3.8) is 0 Å². The second-order valence-electron chi connectivity index (χ2n) is 15.0. The number of fused-ring (bicyclic) bond motifs is 3. The van der Waals surface area contributed by atoms with Crippen molar-refractivity contribution in [1.82, 2.24) is 0 Å². The Balaban J connectivity index is 1.07. The van der Waals surface area contributed by atoms with Crippen molar-refractivity contribution in [3.05, 3.63) is 217 Å². The molecule has 0 heterocycles.